The number of hydrogen-bond acceptors (Lipinski definition) is 4. The highest BCUT2D eigenvalue weighted by Gasteiger charge is 2.16. The molecule has 3 rings (SSSR count). The third-order valence-electron chi connectivity index (χ3n) is 3.64. The maximum Gasteiger partial charge on any atom is 0.225 e. The molecular formula is C16H19ClN4. The molecule has 0 radical (unpaired) electrons. The molecule has 1 fully saturated rings. The highest BCUT2D eigenvalue weighted by atomic mass is 35.5. The number of nitrogens with zero attached hydrogens (tertiary/aromatic N) is 2. The third kappa shape index (κ3) is 3.85. The molecule has 0 spiro atoms. The van der Waals surface area contributed by atoms with Crippen molar-refractivity contribution in [1.82, 2.24) is 9.97 Å². The monoisotopic (exact) mass is 302 g/mol. The molecule has 0 atom stereocenters. The fourth-order valence-electron chi connectivity index (χ4n) is 2.66. The Balaban J connectivity index is 1.77. The highest BCUT2D eigenvalue weighted by molar-refractivity contribution is 6.30. The molecule has 110 valence electrons. The normalized spacial score (nSPS) is 15.1. The summed E-state index contributed by atoms with van der Waals surface area (Å²) < 4.78 is 0. The highest BCUT2D eigenvalue weighted by Crippen LogP contribution is 2.23. The zero-order chi connectivity index (χ0) is 14.7. The van der Waals surface area contributed by atoms with E-state index in [9.17, 15) is 0 Å². The molecule has 0 bridgehead atoms. The number of anilines is 3. The van der Waals surface area contributed by atoms with Crippen LogP contribution < -0.4 is 10.6 Å². The molecule has 1 aromatic heterocycles. The van der Waals surface area contributed by atoms with Gasteiger partial charge in [-0.3, -0.25) is 0 Å². The summed E-state index contributed by atoms with van der Waals surface area (Å²) >= 11 is 6.00. The quantitative estimate of drug-likeness (QED) is 0.871. The number of aromatic nitrogens is 2. The first kappa shape index (κ1) is 14.1. The fraction of sp³-hybridized carbons (Fsp3) is 0.375. The Morgan fingerprint density at radius 3 is 2.71 bits per heavy atom. The van der Waals surface area contributed by atoms with E-state index in [-0.39, 0.29) is 0 Å². The average molecular weight is 303 g/mol. The van der Waals surface area contributed by atoms with Gasteiger partial charge in [-0.2, -0.15) is 4.98 Å². The fourth-order valence-corrected chi connectivity index (χ4v) is 2.85. The van der Waals surface area contributed by atoms with Gasteiger partial charge in [-0.25, -0.2) is 4.98 Å². The summed E-state index contributed by atoms with van der Waals surface area (Å²) in [7, 11) is 0. The number of rotatable bonds is 4. The predicted molar refractivity (Wildman–Crippen MR) is 87.4 cm³/mol. The van der Waals surface area contributed by atoms with Crippen molar-refractivity contribution in [2.45, 2.75) is 38.6 Å². The second-order valence-electron chi connectivity index (χ2n) is 5.48. The smallest absolute Gasteiger partial charge is 0.225 e. The number of hydrogen-bond donors (Lipinski definition) is 2. The second kappa shape index (κ2) is 6.31. The van der Waals surface area contributed by atoms with E-state index in [1.54, 1.807) is 0 Å². The topological polar surface area (TPSA) is 49.8 Å². The van der Waals surface area contributed by atoms with Crippen LogP contribution in [0, 0.1) is 6.92 Å². The molecule has 1 heterocycles. The van der Waals surface area contributed by atoms with Crippen molar-refractivity contribution < 1.29 is 0 Å². The summed E-state index contributed by atoms with van der Waals surface area (Å²) in [6, 6.07) is 10.0. The van der Waals surface area contributed by atoms with Gasteiger partial charge in [0, 0.05) is 28.5 Å². The maximum absolute atomic E-state index is 6.00. The van der Waals surface area contributed by atoms with E-state index < -0.39 is 0 Å². The van der Waals surface area contributed by atoms with E-state index >= 15 is 0 Å². The first-order chi connectivity index (χ1) is 10.2. The zero-order valence-corrected chi connectivity index (χ0v) is 12.8. The Labute approximate surface area is 130 Å². The van der Waals surface area contributed by atoms with E-state index in [1.165, 1.54) is 25.7 Å². The van der Waals surface area contributed by atoms with Crippen molar-refractivity contribution in [2.24, 2.45) is 0 Å². The standard InChI is InChI=1S/C16H19ClN4/c1-11-9-15(19-14-8-4-5-12(17)10-14)21-16(18-11)20-13-6-2-3-7-13/h4-5,8-10,13H,2-3,6-7H2,1H3,(H2,18,19,20,21). The molecule has 1 aliphatic rings. The van der Waals surface area contributed by atoms with Gasteiger partial charge in [0.05, 0.1) is 0 Å². The SMILES string of the molecule is Cc1cc(Nc2cccc(Cl)c2)nc(NC2CCCC2)n1. The molecule has 2 N–H and O–H groups in total. The number of halogens is 1. The summed E-state index contributed by atoms with van der Waals surface area (Å²) in [6.45, 7) is 1.98. The van der Waals surface area contributed by atoms with Crippen LogP contribution in [0.5, 0.6) is 0 Å². The number of aryl methyl sites for hydroxylation is 1. The summed E-state index contributed by atoms with van der Waals surface area (Å²) in [5.74, 6) is 1.48. The van der Waals surface area contributed by atoms with Gasteiger partial charge in [0.2, 0.25) is 5.95 Å². The van der Waals surface area contributed by atoms with E-state index in [2.05, 4.69) is 20.6 Å². The lowest BCUT2D eigenvalue weighted by Gasteiger charge is -2.14. The van der Waals surface area contributed by atoms with E-state index in [1.807, 2.05) is 37.3 Å². The van der Waals surface area contributed by atoms with Crippen molar-refractivity contribution in [3.05, 3.63) is 41.0 Å². The van der Waals surface area contributed by atoms with Crippen molar-refractivity contribution in [2.75, 3.05) is 10.6 Å². The van der Waals surface area contributed by atoms with Crippen LogP contribution in [0.4, 0.5) is 17.5 Å². The van der Waals surface area contributed by atoms with Crippen LogP contribution in [0.25, 0.3) is 0 Å². The molecule has 4 nitrogen and oxygen atoms in total. The Morgan fingerprint density at radius 2 is 1.95 bits per heavy atom. The van der Waals surface area contributed by atoms with Gasteiger partial charge in [-0.05, 0) is 38.0 Å². The third-order valence-corrected chi connectivity index (χ3v) is 3.87. The molecule has 0 aliphatic heterocycles. The van der Waals surface area contributed by atoms with Crippen molar-refractivity contribution >= 4 is 29.1 Å². The molecule has 5 heteroatoms. The van der Waals surface area contributed by atoms with Gasteiger partial charge >= 0.3 is 0 Å². The summed E-state index contributed by atoms with van der Waals surface area (Å²) in [5.41, 5.74) is 1.86. The van der Waals surface area contributed by atoms with E-state index in [0.29, 0.717) is 17.0 Å². The Morgan fingerprint density at radius 1 is 1.14 bits per heavy atom. The zero-order valence-electron chi connectivity index (χ0n) is 12.1. The molecule has 0 amide bonds. The second-order valence-corrected chi connectivity index (χ2v) is 5.92. The predicted octanol–water partition coefficient (Wildman–Crippen LogP) is 4.54. The molecule has 0 unspecified atom stereocenters. The van der Waals surface area contributed by atoms with E-state index in [0.717, 1.165) is 17.2 Å². The van der Waals surface area contributed by atoms with E-state index in [4.69, 9.17) is 11.6 Å². The molecule has 2 aromatic rings. The lowest BCUT2D eigenvalue weighted by atomic mass is 10.2. The molecule has 21 heavy (non-hydrogen) atoms. The molecular weight excluding hydrogens is 284 g/mol. The van der Waals surface area contributed by atoms with Crippen LogP contribution >= 0.6 is 11.6 Å². The van der Waals surface area contributed by atoms with Gasteiger partial charge in [0.15, 0.2) is 0 Å². The Hall–Kier alpha value is -1.81. The molecule has 1 aromatic carbocycles. The number of benzene rings is 1. The molecule has 1 aliphatic carbocycles. The first-order valence-corrected chi connectivity index (χ1v) is 7.72. The van der Waals surface area contributed by atoms with Crippen LogP contribution in [0.15, 0.2) is 30.3 Å². The summed E-state index contributed by atoms with van der Waals surface area (Å²) in [6.07, 6.45) is 4.98. The Kier molecular flexibility index (Phi) is 4.25. The molecule has 1 saturated carbocycles. The van der Waals surface area contributed by atoms with Gasteiger partial charge in [-0.15, -0.1) is 0 Å². The minimum Gasteiger partial charge on any atom is -0.351 e. The minimum atomic E-state index is 0.505. The van der Waals surface area contributed by atoms with Crippen LogP contribution in [0.2, 0.25) is 5.02 Å². The Bertz CT molecular complexity index is 623. The number of nitrogens with one attached hydrogen (secondary N) is 2. The summed E-state index contributed by atoms with van der Waals surface area (Å²) in [5, 5.41) is 7.41. The van der Waals surface area contributed by atoms with Crippen molar-refractivity contribution in [3.8, 4) is 0 Å². The van der Waals surface area contributed by atoms with Crippen LogP contribution in [0.3, 0.4) is 0 Å². The van der Waals surface area contributed by atoms with Gasteiger partial charge < -0.3 is 10.6 Å². The van der Waals surface area contributed by atoms with Gasteiger partial charge in [-0.1, -0.05) is 30.5 Å². The van der Waals surface area contributed by atoms with Gasteiger partial charge in [0.1, 0.15) is 5.82 Å². The van der Waals surface area contributed by atoms with Crippen LogP contribution in [-0.2, 0) is 0 Å². The van der Waals surface area contributed by atoms with Crippen molar-refractivity contribution in [1.29, 1.82) is 0 Å². The lowest BCUT2D eigenvalue weighted by molar-refractivity contribution is 0.743. The lowest BCUT2D eigenvalue weighted by Crippen LogP contribution is -2.17. The first-order valence-electron chi connectivity index (χ1n) is 7.34. The largest absolute Gasteiger partial charge is 0.351 e. The maximum atomic E-state index is 6.00. The average Bonchev–Trinajstić information content (AvgIpc) is 2.90. The minimum absolute atomic E-state index is 0.505. The van der Waals surface area contributed by atoms with Crippen LogP contribution in [-0.4, -0.2) is 16.0 Å². The summed E-state index contributed by atoms with van der Waals surface area (Å²) in [4.78, 5) is 9.01. The molecule has 0 saturated heterocycles. The van der Waals surface area contributed by atoms with Crippen LogP contribution in [0.1, 0.15) is 31.4 Å². The van der Waals surface area contributed by atoms with Gasteiger partial charge in [0.25, 0.3) is 0 Å². The van der Waals surface area contributed by atoms with Crippen molar-refractivity contribution in [3.63, 3.8) is 0 Å².